The van der Waals surface area contributed by atoms with Gasteiger partial charge in [0.15, 0.2) is 6.61 Å². The van der Waals surface area contributed by atoms with E-state index in [0.29, 0.717) is 13.0 Å². The van der Waals surface area contributed by atoms with Crippen LogP contribution in [0.15, 0.2) is 0 Å². The van der Waals surface area contributed by atoms with Gasteiger partial charge in [-0.05, 0) is 0 Å². The van der Waals surface area contributed by atoms with Gasteiger partial charge in [-0.15, -0.1) is 0 Å². The Kier molecular flexibility index (Phi) is 6.86. The lowest BCUT2D eigenvalue weighted by molar-refractivity contribution is -0.368. The summed E-state index contributed by atoms with van der Waals surface area (Å²) in [5.41, 5.74) is 3.59. The first kappa shape index (κ1) is 14.4. The maximum absolute atomic E-state index is 11.4. The molecule has 0 aliphatic rings. The molecule has 0 aliphatic heterocycles. The highest BCUT2D eigenvalue weighted by Crippen LogP contribution is 1.94. The molecule has 0 aliphatic carbocycles. The fourth-order valence-electron chi connectivity index (χ4n) is 1.01. The Morgan fingerprint density at radius 3 is 2.44 bits per heavy atom. The van der Waals surface area contributed by atoms with Gasteiger partial charge >= 0.3 is 5.97 Å². The van der Waals surface area contributed by atoms with Gasteiger partial charge in [0.05, 0.1) is 6.54 Å². The molecule has 0 heterocycles. The molecule has 0 rings (SSSR count). The highest BCUT2D eigenvalue weighted by molar-refractivity contribution is 5.85. The van der Waals surface area contributed by atoms with E-state index in [-0.39, 0.29) is 12.5 Å². The summed E-state index contributed by atoms with van der Waals surface area (Å²) in [5, 5.41) is 4.75. The van der Waals surface area contributed by atoms with Crippen molar-refractivity contribution in [2.24, 2.45) is 0 Å². The molecule has 0 bridgehead atoms. The highest BCUT2D eigenvalue weighted by Gasteiger charge is 2.21. The molecule has 0 spiro atoms. The normalized spacial score (nSPS) is 11.4. The van der Waals surface area contributed by atoms with E-state index in [1.54, 1.807) is 0 Å². The minimum Gasteiger partial charge on any atom is -0.454 e. The van der Waals surface area contributed by atoms with Gasteiger partial charge in [-0.25, -0.2) is 4.79 Å². The Bertz CT molecular complexity index is 267. The van der Waals surface area contributed by atoms with Crippen molar-refractivity contribution in [3.63, 3.8) is 0 Å². The third kappa shape index (κ3) is 5.97. The fourth-order valence-corrected chi connectivity index (χ4v) is 1.01. The van der Waals surface area contributed by atoms with Crippen LogP contribution >= 0.6 is 0 Å². The van der Waals surface area contributed by atoms with E-state index in [2.05, 4.69) is 16.4 Å². The monoisotopic (exact) mass is 232 g/mol. The molecule has 92 valence electrons. The summed E-state index contributed by atoms with van der Waals surface area (Å²) in [5.74, 6) is -1.35. The number of ether oxygens (including phenoxy) is 1. The maximum atomic E-state index is 11.4. The molecule has 0 saturated heterocycles. The number of nitrogens with one attached hydrogen (secondary N) is 2. The average Bonchev–Trinajstić information content (AvgIpc) is 2.24. The van der Waals surface area contributed by atoms with Crippen molar-refractivity contribution < 1.29 is 24.9 Å². The molecule has 1 atom stereocenters. The van der Waals surface area contributed by atoms with Crippen molar-refractivity contribution in [1.29, 1.82) is 0 Å². The van der Waals surface area contributed by atoms with Crippen LogP contribution < -0.4 is 16.4 Å². The van der Waals surface area contributed by atoms with Crippen molar-refractivity contribution in [1.82, 2.24) is 10.6 Å². The molecule has 16 heavy (non-hydrogen) atoms. The highest BCUT2D eigenvalue weighted by atomic mass is 16.5. The minimum atomic E-state index is -0.736. The van der Waals surface area contributed by atoms with Gasteiger partial charge in [-0.3, -0.25) is 9.59 Å². The minimum absolute atomic E-state index is 0.324. The smallest absolute Gasteiger partial charge is 0.329 e. The molecule has 0 fully saturated rings. The lowest BCUT2D eigenvalue weighted by atomic mass is 10.2. The van der Waals surface area contributed by atoms with Crippen LogP contribution in [0.5, 0.6) is 0 Å². The number of quaternary nitrogens is 1. The number of amides is 2. The predicted molar refractivity (Wildman–Crippen MR) is 55.0 cm³/mol. The summed E-state index contributed by atoms with van der Waals surface area (Å²) in [7, 11) is 1.44. The molecule has 0 aromatic heterocycles. The van der Waals surface area contributed by atoms with Crippen molar-refractivity contribution in [3.8, 4) is 0 Å². The first-order valence-corrected chi connectivity index (χ1v) is 4.94. The van der Waals surface area contributed by atoms with Gasteiger partial charge in [-0.1, -0.05) is 0 Å². The molecular formula is C9H18N3O4+. The number of carbonyl (C=O) groups is 3. The van der Waals surface area contributed by atoms with Gasteiger partial charge in [0.1, 0.15) is 6.04 Å². The zero-order valence-electron chi connectivity index (χ0n) is 9.54. The predicted octanol–water partition coefficient (Wildman–Crippen LogP) is -2.59. The van der Waals surface area contributed by atoms with Gasteiger partial charge in [0.25, 0.3) is 5.91 Å². The largest absolute Gasteiger partial charge is 0.454 e. The lowest BCUT2D eigenvalue weighted by Crippen LogP contribution is -2.54. The Labute approximate surface area is 93.7 Å². The van der Waals surface area contributed by atoms with Crippen molar-refractivity contribution in [2.75, 3.05) is 20.2 Å². The molecule has 7 nitrogen and oxygen atoms in total. The van der Waals surface area contributed by atoms with Crippen molar-refractivity contribution in [2.45, 2.75) is 19.4 Å². The number of rotatable bonds is 6. The van der Waals surface area contributed by atoms with E-state index < -0.39 is 17.9 Å². The van der Waals surface area contributed by atoms with Crippen LogP contribution in [0.1, 0.15) is 13.3 Å². The second kappa shape index (κ2) is 7.63. The Morgan fingerprint density at radius 1 is 1.38 bits per heavy atom. The first-order valence-electron chi connectivity index (χ1n) is 4.94. The number of carbonyl (C=O) groups excluding carboxylic acids is 3. The second-order valence-electron chi connectivity index (χ2n) is 3.18. The number of hydrogen-bond acceptors (Lipinski definition) is 4. The Balaban J connectivity index is 4.16. The lowest BCUT2D eigenvalue weighted by Gasteiger charge is -2.14. The van der Waals surface area contributed by atoms with Gasteiger partial charge in [-0.2, -0.15) is 0 Å². The van der Waals surface area contributed by atoms with E-state index in [4.69, 9.17) is 4.74 Å². The van der Waals surface area contributed by atoms with Crippen LogP contribution in [-0.4, -0.2) is 44.0 Å². The van der Waals surface area contributed by atoms with E-state index in [1.165, 1.54) is 14.0 Å². The number of likely N-dealkylation sites (N-methyl/N-ethyl adjacent to an activating group) is 1. The molecule has 0 aromatic carbocycles. The van der Waals surface area contributed by atoms with Gasteiger partial charge in [0, 0.05) is 20.4 Å². The topological polar surface area (TPSA) is 112 Å². The van der Waals surface area contributed by atoms with E-state index in [0.717, 1.165) is 0 Å². The average molecular weight is 232 g/mol. The molecule has 0 radical (unpaired) electrons. The van der Waals surface area contributed by atoms with Gasteiger partial charge in [0.2, 0.25) is 5.91 Å². The van der Waals surface area contributed by atoms with Crippen LogP contribution in [0.25, 0.3) is 0 Å². The summed E-state index contributed by atoms with van der Waals surface area (Å²) in [4.78, 5) is 33.1. The molecular weight excluding hydrogens is 214 g/mol. The Morgan fingerprint density at radius 2 is 2.00 bits per heavy atom. The molecule has 5 N–H and O–H groups in total. The van der Waals surface area contributed by atoms with Crippen LogP contribution in [0.4, 0.5) is 0 Å². The van der Waals surface area contributed by atoms with Crippen LogP contribution in [0.2, 0.25) is 0 Å². The van der Waals surface area contributed by atoms with Crippen LogP contribution in [-0.2, 0) is 19.1 Å². The fraction of sp³-hybridized carbons (Fsp3) is 0.667. The number of esters is 1. The summed E-state index contributed by atoms with van der Waals surface area (Å²) < 4.78 is 4.72. The Hall–Kier alpha value is -1.63. The summed E-state index contributed by atoms with van der Waals surface area (Å²) in [6, 6.07) is -0.736. The maximum Gasteiger partial charge on any atom is 0.329 e. The van der Waals surface area contributed by atoms with E-state index in [1.807, 2.05) is 0 Å². The zero-order chi connectivity index (χ0) is 12.6. The summed E-state index contributed by atoms with van der Waals surface area (Å²) in [6.07, 6.45) is 0.381. The molecule has 7 heteroatoms. The summed E-state index contributed by atoms with van der Waals surface area (Å²) >= 11 is 0. The van der Waals surface area contributed by atoms with Crippen molar-refractivity contribution >= 4 is 17.8 Å². The SMILES string of the molecule is CNC(=O)COC(=O)C(CC[NH3+])NC(C)=O. The van der Waals surface area contributed by atoms with E-state index >= 15 is 0 Å². The third-order valence-electron chi connectivity index (χ3n) is 1.78. The molecule has 0 saturated carbocycles. The summed E-state index contributed by atoms with van der Waals surface area (Å²) in [6.45, 7) is 1.45. The van der Waals surface area contributed by atoms with Crippen LogP contribution in [0, 0.1) is 0 Å². The zero-order valence-corrected chi connectivity index (χ0v) is 9.54. The van der Waals surface area contributed by atoms with Crippen molar-refractivity contribution in [3.05, 3.63) is 0 Å². The van der Waals surface area contributed by atoms with Crippen LogP contribution in [0.3, 0.4) is 0 Å². The molecule has 0 aromatic rings. The van der Waals surface area contributed by atoms with Gasteiger partial charge < -0.3 is 21.1 Å². The number of hydrogen-bond donors (Lipinski definition) is 3. The standard InChI is InChI=1S/C9H17N3O4/c1-6(13)12-7(3-4-10)9(15)16-5-8(14)11-2/h7H,3-5,10H2,1-2H3,(H,11,14)(H,12,13)/p+1. The first-order chi connectivity index (χ1) is 7.51. The quantitative estimate of drug-likeness (QED) is 0.436. The third-order valence-corrected chi connectivity index (χ3v) is 1.78. The molecule has 1 unspecified atom stereocenters. The second-order valence-corrected chi connectivity index (χ2v) is 3.18. The molecule has 2 amide bonds. The van der Waals surface area contributed by atoms with E-state index in [9.17, 15) is 14.4 Å².